The molecule has 2 nitrogen and oxygen atoms in total. The van der Waals surface area contributed by atoms with Crippen molar-refractivity contribution in [2.45, 2.75) is 6.92 Å². The molecule has 0 saturated carbocycles. The third-order valence-electron chi connectivity index (χ3n) is 2.13. The lowest BCUT2D eigenvalue weighted by molar-refractivity contribution is 0.112. The first kappa shape index (κ1) is 7.92. The van der Waals surface area contributed by atoms with Crippen LogP contribution in [-0.2, 0) is 0 Å². The number of aryl methyl sites for hydroxylation is 1. The second-order valence-electron chi connectivity index (χ2n) is 2.99. The first-order valence-electron chi connectivity index (χ1n) is 4.12. The van der Waals surface area contributed by atoms with Gasteiger partial charge in [0.25, 0.3) is 0 Å². The van der Waals surface area contributed by atoms with E-state index in [-0.39, 0.29) is 0 Å². The summed E-state index contributed by atoms with van der Waals surface area (Å²) in [6.45, 7) is 1.99. The van der Waals surface area contributed by atoms with Crippen molar-refractivity contribution in [3.63, 3.8) is 0 Å². The molecule has 13 heavy (non-hydrogen) atoms. The van der Waals surface area contributed by atoms with Gasteiger partial charge < -0.3 is 0 Å². The van der Waals surface area contributed by atoms with Gasteiger partial charge in [0, 0.05) is 17.1 Å². The molecule has 0 amide bonds. The molecule has 0 aliphatic heterocycles. The Morgan fingerprint density at radius 1 is 1.31 bits per heavy atom. The molecule has 0 fully saturated rings. The van der Waals surface area contributed by atoms with Gasteiger partial charge in [-0.2, -0.15) is 0 Å². The van der Waals surface area contributed by atoms with E-state index in [1.54, 1.807) is 12.3 Å². The van der Waals surface area contributed by atoms with Crippen LogP contribution < -0.4 is 0 Å². The molecule has 0 N–H and O–H groups in total. The van der Waals surface area contributed by atoms with Gasteiger partial charge in [-0.1, -0.05) is 18.2 Å². The first-order valence-corrected chi connectivity index (χ1v) is 4.12. The Hall–Kier alpha value is -1.70. The zero-order chi connectivity index (χ0) is 9.26. The summed E-state index contributed by atoms with van der Waals surface area (Å²) in [7, 11) is 0. The molecule has 0 aliphatic rings. The summed E-state index contributed by atoms with van der Waals surface area (Å²) >= 11 is 0. The lowest BCUT2D eigenvalue weighted by Gasteiger charge is -2.01. The molecule has 0 bridgehead atoms. The number of nitrogens with zero attached hydrogens (tertiary/aromatic N) is 1. The van der Waals surface area contributed by atoms with Crippen molar-refractivity contribution < 1.29 is 4.79 Å². The van der Waals surface area contributed by atoms with Crippen LogP contribution in [0.25, 0.3) is 10.9 Å². The molecule has 2 heteroatoms. The van der Waals surface area contributed by atoms with Crippen LogP contribution in [-0.4, -0.2) is 11.3 Å². The van der Waals surface area contributed by atoms with Crippen molar-refractivity contribution in [3.05, 3.63) is 41.6 Å². The van der Waals surface area contributed by atoms with Gasteiger partial charge in [0.15, 0.2) is 6.29 Å². The van der Waals surface area contributed by atoms with Gasteiger partial charge in [-0.3, -0.25) is 9.78 Å². The van der Waals surface area contributed by atoms with Crippen LogP contribution in [0, 0.1) is 6.92 Å². The van der Waals surface area contributed by atoms with Crippen LogP contribution in [0.1, 0.15) is 15.9 Å². The van der Waals surface area contributed by atoms with Gasteiger partial charge >= 0.3 is 0 Å². The number of pyridine rings is 1. The van der Waals surface area contributed by atoms with E-state index in [0.29, 0.717) is 5.56 Å². The van der Waals surface area contributed by atoms with E-state index in [4.69, 9.17) is 0 Å². The molecular weight excluding hydrogens is 162 g/mol. The fraction of sp³-hybridized carbons (Fsp3) is 0.0909. The van der Waals surface area contributed by atoms with Crippen LogP contribution in [0.4, 0.5) is 0 Å². The molecule has 0 radical (unpaired) electrons. The molecule has 64 valence electrons. The molecule has 0 saturated heterocycles. The number of hydrogen-bond donors (Lipinski definition) is 0. The molecule has 1 heterocycles. The number of carbonyl (C=O) groups excluding carboxylic acids is 1. The van der Waals surface area contributed by atoms with Crippen LogP contribution in [0.2, 0.25) is 0 Å². The van der Waals surface area contributed by atoms with Crippen molar-refractivity contribution in [1.82, 2.24) is 4.98 Å². The molecule has 0 aliphatic carbocycles. The minimum absolute atomic E-state index is 0.703. The predicted molar refractivity (Wildman–Crippen MR) is 51.9 cm³/mol. The number of hydrogen-bond acceptors (Lipinski definition) is 2. The summed E-state index contributed by atoms with van der Waals surface area (Å²) < 4.78 is 0. The minimum atomic E-state index is 0.703. The molecule has 2 aromatic rings. The number of benzene rings is 1. The number of rotatable bonds is 1. The first-order chi connectivity index (χ1) is 6.33. The van der Waals surface area contributed by atoms with Crippen LogP contribution in [0.5, 0.6) is 0 Å². The maximum atomic E-state index is 10.7. The average Bonchev–Trinajstić information content (AvgIpc) is 2.18. The maximum absolute atomic E-state index is 10.7. The Balaban J connectivity index is 2.92. The van der Waals surface area contributed by atoms with Crippen molar-refractivity contribution in [1.29, 1.82) is 0 Å². The fourth-order valence-corrected chi connectivity index (χ4v) is 1.45. The van der Waals surface area contributed by atoms with E-state index in [0.717, 1.165) is 22.8 Å². The van der Waals surface area contributed by atoms with Gasteiger partial charge in [-0.25, -0.2) is 0 Å². The summed E-state index contributed by atoms with van der Waals surface area (Å²) in [6, 6.07) is 7.57. The molecule has 2 rings (SSSR count). The Bertz CT molecular complexity index is 463. The van der Waals surface area contributed by atoms with Crippen LogP contribution in [0.3, 0.4) is 0 Å². The topological polar surface area (TPSA) is 30.0 Å². The Labute approximate surface area is 76.2 Å². The van der Waals surface area contributed by atoms with E-state index in [1.807, 2.05) is 25.1 Å². The van der Waals surface area contributed by atoms with Crippen molar-refractivity contribution in [2.24, 2.45) is 0 Å². The molecular formula is C11H9NO. The highest BCUT2D eigenvalue weighted by atomic mass is 16.1. The number of para-hydroxylation sites is 1. The average molecular weight is 171 g/mol. The third-order valence-corrected chi connectivity index (χ3v) is 2.13. The predicted octanol–water partition coefficient (Wildman–Crippen LogP) is 2.36. The lowest BCUT2D eigenvalue weighted by atomic mass is 10.1. The Morgan fingerprint density at radius 3 is 2.92 bits per heavy atom. The minimum Gasteiger partial charge on any atom is -0.298 e. The normalized spacial score (nSPS) is 10.2. The quantitative estimate of drug-likeness (QED) is 0.616. The summed E-state index contributed by atoms with van der Waals surface area (Å²) in [5, 5.41) is 0.928. The van der Waals surface area contributed by atoms with Gasteiger partial charge in [-0.15, -0.1) is 0 Å². The van der Waals surface area contributed by atoms with E-state index >= 15 is 0 Å². The van der Waals surface area contributed by atoms with Gasteiger partial charge in [0.1, 0.15) is 0 Å². The molecule has 0 spiro atoms. The van der Waals surface area contributed by atoms with Crippen molar-refractivity contribution in [3.8, 4) is 0 Å². The monoisotopic (exact) mass is 171 g/mol. The molecule has 0 atom stereocenters. The molecule has 1 aromatic heterocycles. The largest absolute Gasteiger partial charge is 0.298 e. The standard InChI is InChI=1S/C11H9NO/c1-8-3-2-4-10-9(7-13)5-6-12-11(8)10/h2-7H,1H3. The summed E-state index contributed by atoms with van der Waals surface area (Å²) in [6.07, 6.45) is 2.53. The Kier molecular flexibility index (Phi) is 1.81. The zero-order valence-electron chi connectivity index (χ0n) is 7.32. The number of fused-ring (bicyclic) bond motifs is 1. The zero-order valence-corrected chi connectivity index (χ0v) is 7.32. The van der Waals surface area contributed by atoms with Gasteiger partial charge in [-0.05, 0) is 18.6 Å². The smallest absolute Gasteiger partial charge is 0.150 e. The highest BCUT2D eigenvalue weighted by Gasteiger charge is 2.01. The van der Waals surface area contributed by atoms with Gasteiger partial charge in [0.2, 0.25) is 0 Å². The summed E-state index contributed by atoms with van der Waals surface area (Å²) in [4.78, 5) is 14.9. The lowest BCUT2D eigenvalue weighted by Crippen LogP contribution is -1.87. The highest BCUT2D eigenvalue weighted by Crippen LogP contribution is 2.17. The number of aldehydes is 1. The van der Waals surface area contributed by atoms with E-state index in [9.17, 15) is 4.79 Å². The molecule has 0 unspecified atom stereocenters. The Morgan fingerprint density at radius 2 is 2.15 bits per heavy atom. The van der Waals surface area contributed by atoms with Crippen molar-refractivity contribution in [2.75, 3.05) is 0 Å². The fourth-order valence-electron chi connectivity index (χ4n) is 1.45. The summed E-state index contributed by atoms with van der Waals surface area (Å²) in [5.74, 6) is 0. The second-order valence-corrected chi connectivity index (χ2v) is 2.99. The van der Waals surface area contributed by atoms with Crippen LogP contribution >= 0.6 is 0 Å². The van der Waals surface area contributed by atoms with E-state index < -0.39 is 0 Å². The number of aromatic nitrogens is 1. The van der Waals surface area contributed by atoms with Crippen molar-refractivity contribution >= 4 is 17.2 Å². The molecule has 1 aromatic carbocycles. The van der Waals surface area contributed by atoms with Gasteiger partial charge in [0.05, 0.1) is 5.52 Å². The highest BCUT2D eigenvalue weighted by molar-refractivity contribution is 5.97. The summed E-state index contributed by atoms with van der Waals surface area (Å²) in [5.41, 5.74) is 2.71. The van der Waals surface area contributed by atoms with E-state index in [2.05, 4.69) is 4.98 Å². The SMILES string of the molecule is Cc1cccc2c(C=O)ccnc12. The second kappa shape index (κ2) is 2.98. The maximum Gasteiger partial charge on any atom is 0.150 e. The van der Waals surface area contributed by atoms with E-state index in [1.165, 1.54) is 0 Å². The number of carbonyl (C=O) groups is 1. The van der Waals surface area contributed by atoms with Crippen LogP contribution in [0.15, 0.2) is 30.5 Å². The third kappa shape index (κ3) is 1.20.